The van der Waals surface area contributed by atoms with E-state index in [1.54, 1.807) is 0 Å². The zero-order chi connectivity index (χ0) is 9.31. The van der Waals surface area contributed by atoms with Crippen molar-refractivity contribution in [1.82, 2.24) is 5.32 Å². The number of nitrogens with one attached hydrogen (secondary N) is 1. The maximum absolute atomic E-state index is 11.5. The monoisotopic (exact) mass is 205 g/mol. The van der Waals surface area contributed by atoms with Crippen LogP contribution in [0.1, 0.15) is 19.3 Å². The van der Waals surface area contributed by atoms with Gasteiger partial charge in [0.25, 0.3) is 0 Å². The molecule has 0 bridgehead atoms. The van der Waals surface area contributed by atoms with Crippen molar-refractivity contribution in [1.29, 1.82) is 0 Å². The molecule has 0 radical (unpaired) electrons. The number of sulfone groups is 1. The first-order valence-electron chi connectivity index (χ1n) is 4.75. The standard InChI is InChI=1S/C8H15NO3S/c10-13(11)5-1-2-7(13)6-8-9-3-4-12-8/h7-9H,1-6H2. The lowest BCUT2D eigenvalue weighted by Gasteiger charge is -2.14. The molecule has 5 heteroatoms. The number of ether oxygens (including phenoxy) is 1. The third-order valence-corrected chi connectivity index (χ3v) is 5.03. The molecule has 0 saturated carbocycles. The molecule has 2 aliphatic heterocycles. The van der Waals surface area contributed by atoms with Crippen molar-refractivity contribution in [2.24, 2.45) is 0 Å². The quantitative estimate of drug-likeness (QED) is 0.684. The SMILES string of the molecule is O=S1(=O)CCCC1CC1NCCO1. The van der Waals surface area contributed by atoms with Gasteiger partial charge in [-0.15, -0.1) is 0 Å². The van der Waals surface area contributed by atoms with Crippen LogP contribution in [0.2, 0.25) is 0 Å². The molecule has 2 unspecified atom stereocenters. The zero-order valence-corrected chi connectivity index (χ0v) is 8.35. The second kappa shape index (κ2) is 3.55. The van der Waals surface area contributed by atoms with Crippen LogP contribution in [0.15, 0.2) is 0 Å². The fraction of sp³-hybridized carbons (Fsp3) is 1.00. The molecule has 2 rings (SSSR count). The van der Waals surface area contributed by atoms with Crippen LogP contribution in [0.5, 0.6) is 0 Å². The molecule has 2 aliphatic rings. The summed E-state index contributed by atoms with van der Waals surface area (Å²) in [5, 5.41) is 2.97. The van der Waals surface area contributed by atoms with E-state index in [9.17, 15) is 8.42 Å². The minimum Gasteiger partial charge on any atom is -0.362 e. The molecule has 13 heavy (non-hydrogen) atoms. The third kappa shape index (κ3) is 2.03. The summed E-state index contributed by atoms with van der Waals surface area (Å²) in [7, 11) is -2.79. The van der Waals surface area contributed by atoms with E-state index < -0.39 is 9.84 Å². The second-order valence-electron chi connectivity index (χ2n) is 3.68. The Morgan fingerprint density at radius 1 is 1.46 bits per heavy atom. The van der Waals surface area contributed by atoms with Crippen molar-refractivity contribution in [2.75, 3.05) is 18.9 Å². The predicted octanol–water partition coefficient (Wildman–Crippen LogP) is -0.100. The van der Waals surface area contributed by atoms with E-state index >= 15 is 0 Å². The van der Waals surface area contributed by atoms with Crippen LogP contribution in [0, 0.1) is 0 Å². The van der Waals surface area contributed by atoms with E-state index in [-0.39, 0.29) is 11.5 Å². The van der Waals surface area contributed by atoms with Crippen molar-refractivity contribution in [3.05, 3.63) is 0 Å². The maximum Gasteiger partial charge on any atom is 0.153 e. The number of hydrogen-bond acceptors (Lipinski definition) is 4. The predicted molar refractivity (Wildman–Crippen MR) is 49.2 cm³/mol. The van der Waals surface area contributed by atoms with Crippen molar-refractivity contribution < 1.29 is 13.2 Å². The average molecular weight is 205 g/mol. The van der Waals surface area contributed by atoms with Gasteiger partial charge in [0.15, 0.2) is 9.84 Å². The summed E-state index contributed by atoms with van der Waals surface area (Å²) in [5.41, 5.74) is 0. The smallest absolute Gasteiger partial charge is 0.153 e. The van der Waals surface area contributed by atoms with Crippen LogP contribution in [-0.4, -0.2) is 38.8 Å². The van der Waals surface area contributed by atoms with Crippen molar-refractivity contribution in [2.45, 2.75) is 30.7 Å². The Hall–Kier alpha value is -0.130. The highest BCUT2D eigenvalue weighted by molar-refractivity contribution is 7.92. The van der Waals surface area contributed by atoms with E-state index in [0.29, 0.717) is 18.8 Å². The molecule has 0 aromatic rings. The lowest BCUT2D eigenvalue weighted by Crippen LogP contribution is -2.30. The molecule has 0 aromatic carbocycles. The largest absolute Gasteiger partial charge is 0.362 e. The molecule has 0 aromatic heterocycles. The lowest BCUT2D eigenvalue weighted by atomic mass is 10.2. The van der Waals surface area contributed by atoms with E-state index in [0.717, 1.165) is 19.4 Å². The van der Waals surface area contributed by atoms with Gasteiger partial charge < -0.3 is 4.74 Å². The summed E-state index contributed by atoms with van der Waals surface area (Å²) in [6, 6.07) is 0. The molecule has 1 N–H and O–H groups in total. The first-order valence-corrected chi connectivity index (χ1v) is 6.46. The molecule has 2 fully saturated rings. The van der Waals surface area contributed by atoms with Crippen molar-refractivity contribution in [3.8, 4) is 0 Å². The van der Waals surface area contributed by atoms with Gasteiger partial charge in [0.1, 0.15) is 6.23 Å². The summed E-state index contributed by atoms with van der Waals surface area (Å²) in [4.78, 5) is 0. The molecule has 4 nitrogen and oxygen atoms in total. The second-order valence-corrected chi connectivity index (χ2v) is 6.08. The van der Waals surface area contributed by atoms with Crippen LogP contribution < -0.4 is 5.32 Å². The third-order valence-electron chi connectivity index (χ3n) is 2.73. The topological polar surface area (TPSA) is 55.4 Å². The Labute approximate surface area is 78.6 Å². The number of rotatable bonds is 2. The Balaban J connectivity index is 1.94. The van der Waals surface area contributed by atoms with Gasteiger partial charge in [-0.1, -0.05) is 0 Å². The summed E-state index contributed by atoms with van der Waals surface area (Å²) in [5.74, 6) is 0.365. The Bertz CT molecular complexity index is 269. The fourth-order valence-corrected chi connectivity index (χ4v) is 3.89. The van der Waals surface area contributed by atoms with Crippen LogP contribution in [0.25, 0.3) is 0 Å². The number of hydrogen-bond donors (Lipinski definition) is 1. The normalized spacial score (nSPS) is 38.2. The minimum atomic E-state index is -2.79. The Morgan fingerprint density at radius 2 is 2.31 bits per heavy atom. The van der Waals surface area contributed by atoms with E-state index in [4.69, 9.17) is 4.74 Å². The van der Waals surface area contributed by atoms with Gasteiger partial charge in [-0.05, 0) is 12.8 Å². The molecule has 2 heterocycles. The molecule has 0 spiro atoms. The minimum absolute atomic E-state index is 0.0297. The van der Waals surface area contributed by atoms with Gasteiger partial charge in [-0.3, -0.25) is 5.32 Å². The van der Waals surface area contributed by atoms with Crippen LogP contribution in [0.3, 0.4) is 0 Å². The molecule has 2 saturated heterocycles. The van der Waals surface area contributed by atoms with Gasteiger partial charge in [-0.2, -0.15) is 0 Å². The summed E-state index contributed by atoms with van der Waals surface area (Å²) >= 11 is 0. The highest BCUT2D eigenvalue weighted by atomic mass is 32.2. The van der Waals surface area contributed by atoms with E-state index in [1.165, 1.54) is 0 Å². The first kappa shape index (κ1) is 9.43. The molecule has 76 valence electrons. The zero-order valence-electron chi connectivity index (χ0n) is 7.53. The fourth-order valence-electron chi connectivity index (χ4n) is 1.99. The van der Waals surface area contributed by atoms with E-state index in [1.807, 2.05) is 0 Å². The van der Waals surface area contributed by atoms with Gasteiger partial charge in [0.05, 0.1) is 17.6 Å². The molecule has 0 amide bonds. The highest BCUT2D eigenvalue weighted by Crippen LogP contribution is 2.24. The maximum atomic E-state index is 11.5. The molecular formula is C8H15NO3S. The van der Waals surface area contributed by atoms with Crippen molar-refractivity contribution >= 4 is 9.84 Å². The molecular weight excluding hydrogens is 190 g/mol. The van der Waals surface area contributed by atoms with Crippen LogP contribution in [0.4, 0.5) is 0 Å². The highest BCUT2D eigenvalue weighted by Gasteiger charge is 2.34. The Morgan fingerprint density at radius 3 is 2.85 bits per heavy atom. The van der Waals surface area contributed by atoms with Crippen molar-refractivity contribution in [3.63, 3.8) is 0 Å². The summed E-state index contributed by atoms with van der Waals surface area (Å²) in [6.45, 7) is 1.55. The summed E-state index contributed by atoms with van der Waals surface area (Å²) < 4.78 is 28.3. The molecule has 0 aliphatic carbocycles. The average Bonchev–Trinajstić information content (AvgIpc) is 2.63. The Kier molecular flexibility index (Phi) is 2.58. The van der Waals surface area contributed by atoms with Gasteiger partial charge >= 0.3 is 0 Å². The molecule has 2 atom stereocenters. The van der Waals surface area contributed by atoms with Gasteiger partial charge in [0, 0.05) is 13.0 Å². The van der Waals surface area contributed by atoms with Gasteiger partial charge in [0.2, 0.25) is 0 Å². The van der Waals surface area contributed by atoms with Crippen LogP contribution >= 0.6 is 0 Å². The lowest BCUT2D eigenvalue weighted by molar-refractivity contribution is 0.0932. The van der Waals surface area contributed by atoms with Crippen LogP contribution in [-0.2, 0) is 14.6 Å². The van der Waals surface area contributed by atoms with E-state index in [2.05, 4.69) is 5.32 Å². The van der Waals surface area contributed by atoms with Gasteiger partial charge in [-0.25, -0.2) is 8.42 Å². The first-order chi connectivity index (χ1) is 6.18. The summed E-state index contributed by atoms with van der Waals surface area (Å²) in [6.07, 6.45) is 2.23.